The molecule has 1 heterocycles. The first-order valence-corrected chi connectivity index (χ1v) is 5.87. The number of carbonyl (C=O) groups excluding carboxylic acids is 1. The number of carbonyl (C=O) groups is 1. The highest BCUT2D eigenvalue weighted by Gasteiger charge is 2.11. The number of ketones is 1. The van der Waals surface area contributed by atoms with Gasteiger partial charge in [-0.3, -0.25) is 4.79 Å². The zero-order valence-corrected chi connectivity index (χ0v) is 10.1. The maximum atomic E-state index is 12.1. The van der Waals surface area contributed by atoms with Gasteiger partial charge in [0, 0.05) is 5.56 Å². The quantitative estimate of drug-likeness (QED) is 0.807. The maximum Gasteiger partial charge on any atom is 0.203 e. The van der Waals surface area contributed by atoms with Crippen LogP contribution in [0.25, 0.3) is 0 Å². The molecule has 0 bridgehead atoms. The molecule has 1 aromatic heterocycles. The minimum atomic E-state index is 0.0461. The Kier molecular flexibility index (Phi) is 2.79. The Labute approximate surface area is 98.7 Å². The molecule has 1 aromatic carbocycles. The van der Waals surface area contributed by atoms with Crippen molar-refractivity contribution >= 4 is 22.1 Å². The molecule has 2 N–H and O–H groups in total. The lowest BCUT2D eigenvalue weighted by Crippen LogP contribution is -1.99. The van der Waals surface area contributed by atoms with E-state index >= 15 is 0 Å². The van der Waals surface area contributed by atoms with Gasteiger partial charge >= 0.3 is 0 Å². The van der Waals surface area contributed by atoms with Crippen molar-refractivity contribution in [2.75, 3.05) is 5.73 Å². The van der Waals surface area contributed by atoms with Gasteiger partial charge in [0.05, 0.1) is 9.88 Å². The molecule has 0 amide bonds. The van der Waals surface area contributed by atoms with E-state index in [2.05, 4.69) is 0 Å². The fourth-order valence-electron chi connectivity index (χ4n) is 1.50. The predicted octanol–water partition coefficient (Wildman–Crippen LogP) is 3.18. The third-order valence-corrected chi connectivity index (χ3v) is 3.53. The van der Waals surface area contributed by atoms with Crippen LogP contribution in [-0.4, -0.2) is 5.78 Å². The average Bonchev–Trinajstić information content (AvgIpc) is 2.68. The summed E-state index contributed by atoms with van der Waals surface area (Å²) in [5.74, 6) is 0.0461. The smallest absolute Gasteiger partial charge is 0.203 e. The fraction of sp³-hybridized carbons (Fsp3) is 0.154. The number of rotatable bonds is 2. The van der Waals surface area contributed by atoms with Crippen LogP contribution >= 0.6 is 11.3 Å². The van der Waals surface area contributed by atoms with Crippen LogP contribution in [-0.2, 0) is 0 Å². The minimum absolute atomic E-state index is 0.0461. The summed E-state index contributed by atoms with van der Waals surface area (Å²) in [6.45, 7) is 4.04. The van der Waals surface area contributed by atoms with E-state index in [0.717, 1.165) is 11.1 Å². The molecule has 0 unspecified atom stereocenters. The van der Waals surface area contributed by atoms with Crippen molar-refractivity contribution in [3.05, 3.63) is 51.9 Å². The van der Waals surface area contributed by atoms with Gasteiger partial charge in [-0.2, -0.15) is 0 Å². The molecule has 16 heavy (non-hydrogen) atoms. The zero-order valence-electron chi connectivity index (χ0n) is 9.28. The molecule has 2 rings (SSSR count). The highest BCUT2D eigenvalue weighted by Crippen LogP contribution is 2.22. The lowest BCUT2D eigenvalue weighted by atomic mass is 10.0. The van der Waals surface area contributed by atoms with Gasteiger partial charge < -0.3 is 5.73 Å². The summed E-state index contributed by atoms with van der Waals surface area (Å²) < 4.78 is 0. The van der Waals surface area contributed by atoms with Gasteiger partial charge in [-0.1, -0.05) is 12.1 Å². The van der Waals surface area contributed by atoms with Crippen LogP contribution in [0.2, 0.25) is 0 Å². The summed E-state index contributed by atoms with van der Waals surface area (Å²) in [5, 5.41) is 0.673. The maximum absolute atomic E-state index is 12.1. The molecule has 82 valence electrons. The molecular weight excluding hydrogens is 218 g/mol. The molecular formula is C13H13NOS. The highest BCUT2D eigenvalue weighted by molar-refractivity contribution is 7.17. The Morgan fingerprint density at radius 3 is 2.44 bits per heavy atom. The molecule has 0 aliphatic carbocycles. The predicted molar refractivity (Wildman–Crippen MR) is 68.1 cm³/mol. The van der Waals surface area contributed by atoms with Crippen LogP contribution in [0, 0.1) is 13.8 Å². The summed E-state index contributed by atoms with van der Waals surface area (Å²) >= 11 is 1.33. The molecule has 0 radical (unpaired) electrons. The molecule has 2 nitrogen and oxygen atoms in total. The second kappa shape index (κ2) is 4.10. The number of aryl methyl sites for hydroxylation is 2. The molecule has 2 aromatic rings. The van der Waals surface area contributed by atoms with Crippen LogP contribution in [0.4, 0.5) is 5.00 Å². The van der Waals surface area contributed by atoms with Crippen molar-refractivity contribution in [3.63, 3.8) is 0 Å². The number of nitrogens with two attached hydrogens (primary N) is 1. The summed E-state index contributed by atoms with van der Waals surface area (Å²) in [6.07, 6.45) is 0. The molecule has 0 aliphatic rings. The lowest BCUT2D eigenvalue weighted by molar-refractivity contribution is 0.104. The zero-order chi connectivity index (χ0) is 11.7. The third kappa shape index (κ3) is 1.99. The summed E-state index contributed by atoms with van der Waals surface area (Å²) in [4.78, 5) is 12.8. The van der Waals surface area contributed by atoms with E-state index in [1.807, 2.05) is 32.0 Å². The van der Waals surface area contributed by atoms with Gasteiger partial charge in [0.15, 0.2) is 0 Å². The highest BCUT2D eigenvalue weighted by atomic mass is 32.1. The molecule has 0 fully saturated rings. The van der Waals surface area contributed by atoms with Gasteiger partial charge in [-0.15, -0.1) is 11.3 Å². The van der Waals surface area contributed by atoms with Crippen LogP contribution in [0.3, 0.4) is 0 Å². The van der Waals surface area contributed by atoms with E-state index in [9.17, 15) is 4.79 Å². The van der Waals surface area contributed by atoms with Crippen molar-refractivity contribution in [1.82, 2.24) is 0 Å². The second-order valence-electron chi connectivity index (χ2n) is 3.83. The van der Waals surface area contributed by atoms with Crippen LogP contribution < -0.4 is 5.73 Å². The van der Waals surface area contributed by atoms with Gasteiger partial charge in [0.25, 0.3) is 0 Å². The Morgan fingerprint density at radius 2 is 1.88 bits per heavy atom. The van der Waals surface area contributed by atoms with E-state index in [1.165, 1.54) is 16.9 Å². The lowest BCUT2D eigenvalue weighted by Gasteiger charge is -2.02. The summed E-state index contributed by atoms with van der Waals surface area (Å²) in [7, 11) is 0. The number of nitrogen functional groups attached to an aromatic ring is 1. The van der Waals surface area contributed by atoms with Gasteiger partial charge in [-0.25, -0.2) is 0 Å². The monoisotopic (exact) mass is 231 g/mol. The van der Waals surface area contributed by atoms with Crippen molar-refractivity contribution in [2.45, 2.75) is 13.8 Å². The van der Waals surface area contributed by atoms with Crippen molar-refractivity contribution in [3.8, 4) is 0 Å². The van der Waals surface area contributed by atoms with Crippen LogP contribution in [0.15, 0.2) is 30.3 Å². The average molecular weight is 231 g/mol. The van der Waals surface area contributed by atoms with Gasteiger partial charge in [-0.05, 0) is 43.2 Å². The van der Waals surface area contributed by atoms with Crippen LogP contribution in [0.5, 0.6) is 0 Å². The number of benzene rings is 1. The third-order valence-electron chi connectivity index (χ3n) is 2.62. The summed E-state index contributed by atoms with van der Waals surface area (Å²) in [5.41, 5.74) is 8.67. The first-order chi connectivity index (χ1) is 7.58. The second-order valence-corrected chi connectivity index (χ2v) is 4.95. The number of hydrogen-bond acceptors (Lipinski definition) is 3. The number of thiophene rings is 1. The number of anilines is 1. The first kappa shape index (κ1) is 10.9. The molecule has 0 atom stereocenters. The van der Waals surface area contributed by atoms with E-state index in [1.54, 1.807) is 12.1 Å². The van der Waals surface area contributed by atoms with Crippen molar-refractivity contribution in [2.24, 2.45) is 0 Å². The van der Waals surface area contributed by atoms with E-state index < -0.39 is 0 Å². The Morgan fingerprint density at radius 1 is 1.12 bits per heavy atom. The molecule has 0 aliphatic heterocycles. The van der Waals surface area contributed by atoms with Gasteiger partial charge in [0.1, 0.15) is 0 Å². The van der Waals surface area contributed by atoms with Crippen molar-refractivity contribution < 1.29 is 4.79 Å². The molecule has 3 heteroatoms. The topological polar surface area (TPSA) is 43.1 Å². The van der Waals surface area contributed by atoms with E-state index in [-0.39, 0.29) is 5.78 Å². The molecule has 0 saturated heterocycles. The molecule has 0 saturated carbocycles. The Hall–Kier alpha value is -1.61. The molecule has 0 spiro atoms. The van der Waals surface area contributed by atoms with Crippen LogP contribution in [0.1, 0.15) is 26.4 Å². The van der Waals surface area contributed by atoms with E-state index in [0.29, 0.717) is 9.88 Å². The van der Waals surface area contributed by atoms with Gasteiger partial charge in [0.2, 0.25) is 5.78 Å². The Bertz CT molecular complexity index is 543. The first-order valence-electron chi connectivity index (χ1n) is 5.05. The Balaban J connectivity index is 2.38. The van der Waals surface area contributed by atoms with Crippen molar-refractivity contribution in [1.29, 1.82) is 0 Å². The standard InChI is InChI=1S/C13H13NOS/c1-8-3-4-10(7-9(8)2)13(15)11-5-6-12(14)16-11/h3-7H,14H2,1-2H3. The minimum Gasteiger partial charge on any atom is -0.391 e. The summed E-state index contributed by atoms with van der Waals surface area (Å²) in [6, 6.07) is 9.30. The SMILES string of the molecule is Cc1ccc(C(=O)c2ccc(N)s2)cc1C. The van der Waals surface area contributed by atoms with E-state index in [4.69, 9.17) is 5.73 Å². The largest absolute Gasteiger partial charge is 0.391 e. The fourth-order valence-corrected chi connectivity index (χ4v) is 2.24. The number of hydrogen-bond donors (Lipinski definition) is 1. The normalized spacial score (nSPS) is 10.4.